The van der Waals surface area contributed by atoms with Gasteiger partial charge in [-0.2, -0.15) is 4.31 Å². The quantitative estimate of drug-likeness (QED) is 0.825. The first kappa shape index (κ1) is 18.1. The first-order chi connectivity index (χ1) is 11.9. The number of aryl methyl sites for hydroxylation is 2. The lowest BCUT2D eigenvalue weighted by atomic mass is 10.1. The SMILES string of the molecule is Cc1cccc(CN2CCN(S(=O)(=O)Cc3cccc(C)c3)CC2)c1. The molecule has 1 aliphatic heterocycles. The van der Waals surface area contributed by atoms with Gasteiger partial charge in [0, 0.05) is 32.7 Å². The van der Waals surface area contributed by atoms with Crippen LogP contribution in [0.3, 0.4) is 0 Å². The molecule has 0 unspecified atom stereocenters. The van der Waals surface area contributed by atoms with Gasteiger partial charge in [-0.15, -0.1) is 0 Å². The van der Waals surface area contributed by atoms with Crippen LogP contribution in [0.1, 0.15) is 22.3 Å². The van der Waals surface area contributed by atoms with E-state index in [9.17, 15) is 8.42 Å². The predicted molar refractivity (Wildman–Crippen MR) is 102 cm³/mol. The van der Waals surface area contributed by atoms with Crippen molar-refractivity contribution in [1.29, 1.82) is 0 Å². The zero-order chi connectivity index (χ0) is 17.9. The average Bonchev–Trinajstić information content (AvgIpc) is 2.55. The van der Waals surface area contributed by atoms with Crippen LogP contribution < -0.4 is 0 Å². The molecule has 0 radical (unpaired) electrons. The van der Waals surface area contributed by atoms with Crippen LogP contribution in [0.2, 0.25) is 0 Å². The number of hydrogen-bond acceptors (Lipinski definition) is 3. The molecule has 2 aromatic carbocycles. The molecule has 1 heterocycles. The average molecular weight is 359 g/mol. The van der Waals surface area contributed by atoms with Crippen molar-refractivity contribution in [2.24, 2.45) is 0 Å². The van der Waals surface area contributed by atoms with Gasteiger partial charge in [-0.05, 0) is 25.0 Å². The molecule has 3 rings (SSSR count). The molecule has 0 atom stereocenters. The van der Waals surface area contributed by atoms with Crippen molar-refractivity contribution >= 4 is 10.0 Å². The van der Waals surface area contributed by atoms with Crippen LogP contribution in [0, 0.1) is 13.8 Å². The third kappa shape index (κ3) is 4.91. The van der Waals surface area contributed by atoms with Gasteiger partial charge in [-0.1, -0.05) is 59.7 Å². The fourth-order valence-electron chi connectivity index (χ4n) is 3.34. The highest BCUT2D eigenvalue weighted by molar-refractivity contribution is 7.88. The van der Waals surface area contributed by atoms with Gasteiger partial charge in [0.2, 0.25) is 10.0 Å². The van der Waals surface area contributed by atoms with Crippen LogP contribution in [-0.4, -0.2) is 43.8 Å². The van der Waals surface area contributed by atoms with Crippen molar-refractivity contribution in [2.75, 3.05) is 26.2 Å². The van der Waals surface area contributed by atoms with Gasteiger partial charge in [0.1, 0.15) is 0 Å². The van der Waals surface area contributed by atoms with Crippen molar-refractivity contribution in [3.8, 4) is 0 Å². The molecule has 0 bridgehead atoms. The zero-order valence-electron chi connectivity index (χ0n) is 15.0. The largest absolute Gasteiger partial charge is 0.296 e. The molecule has 0 aliphatic carbocycles. The number of nitrogens with zero attached hydrogens (tertiary/aromatic N) is 2. The third-order valence-electron chi connectivity index (χ3n) is 4.64. The minimum atomic E-state index is -3.25. The Morgan fingerprint density at radius 2 is 1.40 bits per heavy atom. The van der Waals surface area contributed by atoms with Gasteiger partial charge in [-0.25, -0.2) is 8.42 Å². The summed E-state index contributed by atoms with van der Waals surface area (Å²) < 4.78 is 27.0. The smallest absolute Gasteiger partial charge is 0.218 e. The fourth-order valence-corrected chi connectivity index (χ4v) is 4.84. The van der Waals surface area contributed by atoms with Gasteiger partial charge in [0.05, 0.1) is 5.75 Å². The Balaban J connectivity index is 1.57. The minimum absolute atomic E-state index is 0.0898. The molecule has 2 aromatic rings. The van der Waals surface area contributed by atoms with Gasteiger partial charge >= 0.3 is 0 Å². The van der Waals surface area contributed by atoms with E-state index in [0.717, 1.165) is 30.8 Å². The summed E-state index contributed by atoms with van der Waals surface area (Å²) >= 11 is 0. The second kappa shape index (κ2) is 7.68. The lowest BCUT2D eigenvalue weighted by Crippen LogP contribution is -2.48. The number of piperazine rings is 1. The van der Waals surface area contributed by atoms with Crippen molar-refractivity contribution in [2.45, 2.75) is 26.1 Å². The summed E-state index contributed by atoms with van der Waals surface area (Å²) in [6.45, 7) is 7.66. The van der Waals surface area contributed by atoms with Crippen LogP contribution in [-0.2, 0) is 22.3 Å². The highest BCUT2D eigenvalue weighted by Gasteiger charge is 2.27. The summed E-state index contributed by atoms with van der Waals surface area (Å²) in [5.41, 5.74) is 4.51. The molecule has 5 heteroatoms. The normalized spacial score (nSPS) is 16.9. The highest BCUT2D eigenvalue weighted by Crippen LogP contribution is 2.16. The van der Waals surface area contributed by atoms with Crippen LogP contribution in [0.5, 0.6) is 0 Å². The predicted octanol–water partition coefficient (Wildman–Crippen LogP) is 2.95. The molecular weight excluding hydrogens is 332 g/mol. The lowest BCUT2D eigenvalue weighted by molar-refractivity contribution is 0.181. The van der Waals surface area contributed by atoms with Crippen LogP contribution in [0.25, 0.3) is 0 Å². The van der Waals surface area contributed by atoms with E-state index in [0.29, 0.717) is 13.1 Å². The molecule has 0 spiro atoms. The van der Waals surface area contributed by atoms with E-state index in [4.69, 9.17) is 0 Å². The Morgan fingerprint density at radius 3 is 2.00 bits per heavy atom. The van der Waals surface area contributed by atoms with E-state index in [-0.39, 0.29) is 5.75 Å². The second-order valence-corrected chi connectivity index (χ2v) is 8.88. The maximum atomic E-state index is 12.7. The molecule has 1 aliphatic rings. The number of hydrogen-bond donors (Lipinski definition) is 0. The van der Waals surface area contributed by atoms with Crippen molar-refractivity contribution in [3.05, 3.63) is 70.8 Å². The molecule has 1 saturated heterocycles. The van der Waals surface area contributed by atoms with E-state index in [2.05, 4.69) is 36.1 Å². The number of rotatable bonds is 5. The van der Waals surface area contributed by atoms with Crippen LogP contribution in [0.15, 0.2) is 48.5 Å². The van der Waals surface area contributed by atoms with Crippen molar-refractivity contribution in [1.82, 2.24) is 9.21 Å². The molecule has 0 N–H and O–H groups in total. The minimum Gasteiger partial charge on any atom is -0.296 e. The Bertz CT molecular complexity index is 825. The summed E-state index contributed by atoms with van der Waals surface area (Å²) in [7, 11) is -3.25. The van der Waals surface area contributed by atoms with Crippen molar-refractivity contribution < 1.29 is 8.42 Å². The van der Waals surface area contributed by atoms with Crippen molar-refractivity contribution in [3.63, 3.8) is 0 Å². The number of sulfonamides is 1. The molecule has 25 heavy (non-hydrogen) atoms. The summed E-state index contributed by atoms with van der Waals surface area (Å²) in [5, 5.41) is 0. The van der Waals surface area contributed by atoms with E-state index in [1.807, 2.05) is 31.2 Å². The van der Waals surface area contributed by atoms with E-state index < -0.39 is 10.0 Å². The summed E-state index contributed by atoms with van der Waals surface area (Å²) in [6, 6.07) is 16.2. The standard InChI is InChI=1S/C20H26N2O2S/c1-17-5-3-7-19(13-17)15-21-9-11-22(12-10-21)25(23,24)16-20-8-4-6-18(2)14-20/h3-8,13-14H,9-12,15-16H2,1-2H3. The molecule has 0 aromatic heterocycles. The number of benzene rings is 2. The molecule has 1 fully saturated rings. The Hall–Kier alpha value is -1.69. The Labute approximate surface area is 151 Å². The Morgan fingerprint density at radius 1 is 0.840 bits per heavy atom. The van der Waals surface area contributed by atoms with E-state index in [1.54, 1.807) is 4.31 Å². The highest BCUT2D eigenvalue weighted by atomic mass is 32.2. The summed E-state index contributed by atoms with van der Waals surface area (Å²) in [5.74, 6) is 0.0898. The van der Waals surface area contributed by atoms with Gasteiger partial charge in [-0.3, -0.25) is 4.90 Å². The topological polar surface area (TPSA) is 40.6 Å². The third-order valence-corrected chi connectivity index (χ3v) is 6.49. The first-order valence-corrected chi connectivity index (χ1v) is 10.3. The maximum Gasteiger partial charge on any atom is 0.218 e. The Kier molecular flexibility index (Phi) is 5.57. The van der Waals surface area contributed by atoms with Crippen LogP contribution >= 0.6 is 0 Å². The van der Waals surface area contributed by atoms with Gasteiger partial charge in [0.15, 0.2) is 0 Å². The summed E-state index contributed by atoms with van der Waals surface area (Å²) in [4.78, 5) is 2.33. The molecule has 4 nitrogen and oxygen atoms in total. The van der Waals surface area contributed by atoms with E-state index in [1.165, 1.54) is 11.1 Å². The molecule has 134 valence electrons. The maximum absolute atomic E-state index is 12.7. The zero-order valence-corrected chi connectivity index (χ0v) is 15.8. The molecular formula is C20H26N2O2S. The fraction of sp³-hybridized carbons (Fsp3) is 0.400. The summed E-state index contributed by atoms with van der Waals surface area (Å²) in [6.07, 6.45) is 0. The first-order valence-electron chi connectivity index (χ1n) is 8.74. The molecule has 0 amide bonds. The van der Waals surface area contributed by atoms with Crippen LogP contribution in [0.4, 0.5) is 0 Å². The monoisotopic (exact) mass is 358 g/mol. The lowest BCUT2D eigenvalue weighted by Gasteiger charge is -2.34. The van der Waals surface area contributed by atoms with Gasteiger partial charge < -0.3 is 0 Å². The van der Waals surface area contributed by atoms with Gasteiger partial charge in [0.25, 0.3) is 0 Å². The van der Waals surface area contributed by atoms with E-state index >= 15 is 0 Å². The molecule has 0 saturated carbocycles. The second-order valence-electron chi connectivity index (χ2n) is 6.91.